The summed E-state index contributed by atoms with van der Waals surface area (Å²) in [6.45, 7) is 3.70. The van der Waals surface area contributed by atoms with Gasteiger partial charge in [-0.05, 0) is 17.7 Å². The van der Waals surface area contributed by atoms with Crippen molar-refractivity contribution >= 4 is 6.20 Å². The molecule has 1 aromatic carbocycles. The van der Waals surface area contributed by atoms with Crippen molar-refractivity contribution in [1.29, 1.82) is 0 Å². The van der Waals surface area contributed by atoms with Crippen LogP contribution in [0.3, 0.4) is 0 Å². The van der Waals surface area contributed by atoms with Crippen molar-refractivity contribution in [3.05, 3.63) is 48.6 Å². The highest BCUT2D eigenvalue weighted by Gasteiger charge is 2.14. The van der Waals surface area contributed by atoms with Crippen LogP contribution in [0.1, 0.15) is 17.5 Å². The largest absolute Gasteiger partial charge is 0.493 e. The monoisotopic (exact) mass is 274 g/mol. The molecule has 5 heteroatoms. The zero-order chi connectivity index (χ0) is 14.5. The van der Waals surface area contributed by atoms with Gasteiger partial charge in [0.2, 0.25) is 0 Å². The molecule has 0 saturated carbocycles. The summed E-state index contributed by atoms with van der Waals surface area (Å²) in [5.41, 5.74) is 0.751. The van der Waals surface area contributed by atoms with E-state index in [1.165, 1.54) is 0 Å². The molecular formula is C15H18N2O3. The van der Waals surface area contributed by atoms with Crippen molar-refractivity contribution in [2.75, 3.05) is 14.2 Å². The molecular weight excluding hydrogens is 256 g/mol. The predicted octanol–water partition coefficient (Wildman–Crippen LogP) is 2.28. The van der Waals surface area contributed by atoms with Crippen LogP contribution in [0.25, 0.3) is 6.20 Å². The zero-order valence-corrected chi connectivity index (χ0v) is 11.6. The van der Waals surface area contributed by atoms with Gasteiger partial charge in [0.05, 0.1) is 20.3 Å². The third-order valence-corrected chi connectivity index (χ3v) is 3.11. The summed E-state index contributed by atoms with van der Waals surface area (Å²) in [4.78, 5) is 4.20. The average molecular weight is 274 g/mol. The molecule has 2 rings (SSSR count). The van der Waals surface area contributed by atoms with E-state index in [1.54, 1.807) is 49.5 Å². The quantitative estimate of drug-likeness (QED) is 0.878. The lowest BCUT2D eigenvalue weighted by molar-refractivity contribution is 0.175. The Morgan fingerprint density at radius 2 is 2.10 bits per heavy atom. The fourth-order valence-corrected chi connectivity index (χ4v) is 2.02. The first-order valence-electron chi connectivity index (χ1n) is 6.23. The number of rotatable bonds is 6. The van der Waals surface area contributed by atoms with Crippen LogP contribution in [-0.2, 0) is 6.42 Å². The van der Waals surface area contributed by atoms with Crippen molar-refractivity contribution < 1.29 is 14.6 Å². The molecule has 1 N–H and O–H groups in total. The second-order valence-electron chi connectivity index (χ2n) is 4.27. The van der Waals surface area contributed by atoms with Gasteiger partial charge in [0.25, 0.3) is 0 Å². The standard InChI is InChI=1S/C15H18N2O3/c1-4-17-8-7-16-15(17)10-12(18)11-5-6-13(19-2)14(9-11)20-3/h4-9,12,18H,1,10H2,2-3H3. The Hall–Kier alpha value is -2.27. The fraction of sp³-hybridized carbons (Fsp3) is 0.267. The molecule has 0 amide bonds. The van der Waals surface area contributed by atoms with E-state index in [2.05, 4.69) is 11.6 Å². The summed E-state index contributed by atoms with van der Waals surface area (Å²) >= 11 is 0. The number of imidazole rings is 1. The summed E-state index contributed by atoms with van der Waals surface area (Å²) in [6.07, 6.45) is 4.86. The van der Waals surface area contributed by atoms with Gasteiger partial charge < -0.3 is 19.1 Å². The maximum Gasteiger partial charge on any atom is 0.161 e. The fourth-order valence-electron chi connectivity index (χ4n) is 2.02. The van der Waals surface area contributed by atoms with E-state index >= 15 is 0 Å². The maximum atomic E-state index is 10.3. The molecule has 106 valence electrons. The second kappa shape index (κ2) is 6.25. The molecule has 0 aliphatic heterocycles. The van der Waals surface area contributed by atoms with Gasteiger partial charge in [0.1, 0.15) is 5.82 Å². The van der Waals surface area contributed by atoms with Crippen molar-refractivity contribution in [1.82, 2.24) is 9.55 Å². The molecule has 0 spiro atoms. The Morgan fingerprint density at radius 1 is 1.35 bits per heavy atom. The average Bonchev–Trinajstić information content (AvgIpc) is 2.93. The van der Waals surface area contributed by atoms with E-state index in [4.69, 9.17) is 9.47 Å². The van der Waals surface area contributed by atoms with Gasteiger partial charge in [-0.1, -0.05) is 12.6 Å². The van der Waals surface area contributed by atoms with E-state index < -0.39 is 6.10 Å². The molecule has 1 unspecified atom stereocenters. The van der Waals surface area contributed by atoms with Crippen LogP contribution in [0.5, 0.6) is 11.5 Å². The zero-order valence-electron chi connectivity index (χ0n) is 11.6. The molecule has 1 atom stereocenters. The lowest BCUT2D eigenvalue weighted by Gasteiger charge is -2.14. The molecule has 1 aromatic heterocycles. The Morgan fingerprint density at radius 3 is 2.75 bits per heavy atom. The first-order chi connectivity index (χ1) is 9.69. The van der Waals surface area contributed by atoms with Crippen molar-refractivity contribution in [3.63, 3.8) is 0 Å². The van der Waals surface area contributed by atoms with Gasteiger partial charge in [0.15, 0.2) is 11.5 Å². The number of nitrogens with zero attached hydrogens (tertiary/aromatic N) is 2. The lowest BCUT2D eigenvalue weighted by Crippen LogP contribution is -2.06. The number of benzene rings is 1. The molecule has 5 nitrogen and oxygen atoms in total. The molecule has 0 aliphatic rings. The molecule has 0 bridgehead atoms. The molecule has 0 fully saturated rings. The van der Waals surface area contributed by atoms with Gasteiger partial charge in [-0.15, -0.1) is 0 Å². The number of hydrogen-bond acceptors (Lipinski definition) is 4. The smallest absolute Gasteiger partial charge is 0.161 e. The van der Waals surface area contributed by atoms with Crippen LogP contribution in [0.2, 0.25) is 0 Å². The molecule has 2 aromatic rings. The number of aliphatic hydroxyl groups excluding tert-OH is 1. The summed E-state index contributed by atoms with van der Waals surface area (Å²) in [5.74, 6) is 1.98. The summed E-state index contributed by atoms with van der Waals surface area (Å²) in [5, 5.41) is 10.3. The molecule has 0 saturated heterocycles. The van der Waals surface area contributed by atoms with Gasteiger partial charge >= 0.3 is 0 Å². The first-order valence-corrected chi connectivity index (χ1v) is 6.23. The van der Waals surface area contributed by atoms with Gasteiger partial charge in [-0.3, -0.25) is 0 Å². The van der Waals surface area contributed by atoms with Crippen molar-refractivity contribution in [3.8, 4) is 11.5 Å². The topological polar surface area (TPSA) is 56.5 Å². The number of aliphatic hydroxyl groups is 1. The van der Waals surface area contributed by atoms with Crippen LogP contribution in [0, 0.1) is 0 Å². The lowest BCUT2D eigenvalue weighted by atomic mass is 10.1. The Balaban J connectivity index is 2.21. The van der Waals surface area contributed by atoms with E-state index in [-0.39, 0.29) is 0 Å². The molecule has 0 aliphatic carbocycles. The summed E-state index contributed by atoms with van der Waals surface area (Å²) in [6, 6.07) is 5.36. The Kier molecular flexibility index (Phi) is 4.42. The van der Waals surface area contributed by atoms with E-state index in [9.17, 15) is 5.11 Å². The Bertz CT molecular complexity index is 593. The summed E-state index contributed by atoms with van der Waals surface area (Å²) in [7, 11) is 3.15. The first kappa shape index (κ1) is 14.1. The molecule has 0 radical (unpaired) electrons. The highest BCUT2D eigenvalue weighted by Crippen LogP contribution is 2.30. The normalized spacial score (nSPS) is 11.9. The second-order valence-corrected chi connectivity index (χ2v) is 4.27. The van der Waals surface area contributed by atoms with E-state index in [1.807, 2.05) is 6.07 Å². The Labute approximate surface area is 118 Å². The molecule has 20 heavy (non-hydrogen) atoms. The third kappa shape index (κ3) is 2.83. The number of methoxy groups -OCH3 is 2. The van der Waals surface area contributed by atoms with Crippen molar-refractivity contribution in [2.24, 2.45) is 0 Å². The minimum atomic E-state index is -0.670. The maximum absolute atomic E-state index is 10.3. The number of hydrogen-bond donors (Lipinski definition) is 1. The number of ether oxygens (including phenoxy) is 2. The van der Waals surface area contributed by atoms with Gasteiger partial charge in [-0.2, -0.15) is 0 Å². The SMILES string of the molecule is C=Cn1ccnc1CC(O)c1ccc(OC)c(OC)c1. The van der Waals surface area contributed by atoms with Crippen LogP contribution in [0.15, 0.2) is 37.2 Å². The minimum Gasteiger partial charge on any atom is -0.493 e. The molecule has 1 heterocycles. The van der Waals surface area contributed by atoms with Gasteiger partial charge in [-0.25, -0.2) is 4.98 Å². The van der Waals surface area contributed by atoms with Crippen LogP contribution in [0.4, 0.5) is 0 Å². The van der Waals surface area contributed by atoms with Crippen LogP contribution in [-0.4, -0.2) is 28.9 Å². The highest BCUT2D eigenvalue weighted by atomic mass is 16.5. The van der Waals surface area contributed by atoms with E-state index in [0.717, 1.165) is 11.4 Å². The third-order valence-electron chi connectivity index (χ3n) is 3.11. The van der Waals surface area contributed by atoms with Crippen molar-refractivity contribution in [2.45, 2.75) is 12.5 Å². The van der Waals surface area contributed by atoms with Crippen LogP contribution < -0.4 is 9.47 Å². The van der Waals surface area contributed by atoms with Crippen LogP contribution >= 0.6 is 0 Å². The van der Waals surface area contributed by atoms with Gasteiger partial charge in [0, 0.05) is 25.0 Å². The minimum absolute atomic E-state index is 0.397. The predicted molar refractivity (Wildman–Crippen MR) is 76.8 cm³/mol. The highest BCUT2D eigenvalue weighted by molar-refractivity contribution is 5.43. The summed E-state index contributed by atoms with van der Waals surface area (Å²) < 4.78 is 12.2. The number of aromatic nitrogens is 2. The van der Waals surface area contributed by atoms with E-state index in [0.29, 0.717) is 17.9 Å².